The first-order chi connectivity index (χ1) is 12.1. The fraction of sp³-hybridized carbons (Fsp3) is 0.455. The van der Waals surface area contributed by atoms with E-state index in [1.165, 1.54) is 12.2 Å². The first-order valence-electron chi connectivity index (χ1n) is 9.22. The van der Waals surface area contributed by atoms with E-state index in [9.17, 15) is 19.2 Å². The molecule has 0 radical (unpaired) electrons. The largest absolute Gasteiger partial charge is 0.290 e. The second-order valence-electron chi connectivity index (χ2n) is 10.1. The van der Waals surface area contributed by atoms with Crippen molar-refractivity contribution in [3.63, 3.8) is 0 Å². The van der Waals surface area contributed by atoms with Crippen LogP contribution in [0.3, 0.4) is 0 Å². The van der Waals surface area contributed by atoms with Crippen LogP contribution in [0.1, 0.15) is 41.5 Å². The molecule has 0 aromatic rings. The first-order valence-corrected chi connectivity index (χ1v) is 12.2. The van der Waals surface area contributed by atoms with E-state index < -0.39 is 18.9 Å². The Morgan fingerprint density at radius 1 is 0.630 bits per heavy atom. The predicted molar refractivity (Wildman–Crippen MR) is 107 cm³/mol. The van der Waals surface area contributed by atoms with E-state index >= 15 is 0 Å². The molecular weight excluding hydrogens is 356 g/mol. The van der Waals surface area contributed by atoms with Gasteiger partial charge in [0, 0.05) is 32.7 Å². The predicted octanol–water partition coefficient (Wildman–Crippen LogP) is 3.63. The van der Waals surface area contributed by atoms with Gasteiger partial charge in [0.15, 0.2) is 23.1 Å². The molecule has 142 valence electrons. The molecule has 0 atom stereocenters. The van der Waals surface area contributed by atoms with Gasteiger partial charge in [0.25, 0.3) is 0 Å². The molecule has 0 saturated carbocycles. The van der Waals surface area contributed by atoms with Gasteiger partial charge >= 0.3 is 0 Å². The lowest BCUT2D eigenvalue weighted by molar-refractivity contribution is -0.117. The molecule has 0 aromatic carbocycles. The van der Waals surface area contributed by atoms with Crippen LogP contribution in [0.5, 0.6) is 0 Å². The van der Waals surface area contributed by atoms with Gasteiger partial charge in [-0.05, 0) is 23.0 Å². The Morgan fingerprint density at radius 3 is 1.19 bits per heavy atom. The van der Waals surface area contributed by atoms with E-state index in [-0.39, 0.29) is 34.3 Å². The molecule has 0 bridgehead atoms. The summed E-state index contributed by atoms with van der Waals surface area (Å²) < 4.78 is 0. The third-order valence-corrected chi connectivity index (χ3v) is 9.06. The summed E-state index contributed by atoms with van der Waals surface area (Å²) >= 11 is 0. The van der Waals surface area contributed by atoms with Gasteiger partial charge in [0.05, 0.1) is 0 Å². The highest BCUT2D eigenvalue weighted by Gasteiger charge is 2.55. The van der Waals surface area contributed by atoms with Crippen LogP contribution >= 0.6 is 0 Å². The van der Waals surface area contributed by atoms with Gasteiger partial charge in [0.2, 0.25) is 0 Å². The van der Waals surface area contributed by atoms with Crippen molar-refractivity contribution in [2.45, 2.75) is 54.6 Å². The van der Waals surface area contributed by atoms with Gasteiger partial charge in [-0.1, -0.05) is 54.6 Å². The first kappa shape index (κ1) is 19.6. The third kappa shape index (κ3) is 2.63. The van der Waals surface area contributed by atoms with Crippen LogP contribution in [0, 0.1) is 10.8 Å². The summed E-state index contributed by atoms with van der Waals surface area (Å²) in [5.74, 6) is -1.01. The van der Waals surface area contributed by atoms with Crippen LogP contribution < -0.4 is 0 Å². The molecular formula is C22H26O4Si. The van der Waals surface area contributed by atoms with Gasteiger partial charge < -0.3 is 0 Å². The summed E-state index contributed by atoms with van der Waals surface area (Å²) in [7, 11) is -2.78. The van der Waals surface area contributed by atoms with Crippen LogP contribution in [0.2, 0.25) is 13.1 Å². The highest BCUT2D eigenvalue weighted by molar-refractivity contribution is 7.00. The molecule has 1 aliphatic heterocycles. The Hall–Kier alpha value is -2.14. The molecule has 4 nitrogen and oxygen atoms in total. The number of rotatable bonds is 0. The average Bonchev–Trinajstić information content (AvgIpc) is 2.74. The number of hydrogen-bond acceptors (Lipinski definition) is 4. The number of fused-ring (bicyclic) bond motifs is 1. The van der Waals surface area contributed by atoms with Gasteiger partial charge in [-0.2, -0.15) is 0 Å². The molecule has 0 aromatic heterocycles. The normalized spacial score (nSPS) is 22.8. The number of allylic oxidation sites excluding steroid dienone is 8. The summed E-state index contributed by atoms with van der Waals surface area (Å²) in [6, 6.07) is 0. The van der Waals surface area contributed by atoms with Crippen LogP contribution in [0.15, 0.2) is 44.8 Å². The molecule has 0 unspecified atom stereocenters. The summed E-state index contributed by atoms with van der Waals surface area (Å²) in [5, 5.41) is 0.852. The van der Waals surface area contributed by atoms with Crippen molar-refractivity contribution in [3.05, 3.63) is 44.8 Å². The monoisotopic (exact) mass is 382 g/mol. The topological polar surface area (TPSA) is 68.3 Å². The smallest absolute Gasteiger partial charge is 0.187 e. The zero-order valence-electron chi connectivity index (χ0n) is 17.3. The summed E-state index contributed by atoms with van der Waals surface area (Å²) in [6.07, 6.45) is 2.73. The third-order valence-electron chi connectivity index (χ3n) is 5.60. The van der Waals surface area contributed by atoms with E-state index in [2.05, 4.69) is 0 Å². The Bertz CT molecular complexity index is 889. The van der Waals surface area contributed by atoms with Gasteiger partial charge in [-0.15, -0.1) is 0 Å². The molecule has 0 fully saturated rings. The van der Waals surface area contributed by atoms with Crippen LogP contribution in [0.25, 0.3) is 0 Å². The molecule has 0 N–H and O–H groups in total. The fourth-order valence-electron chi connectivity index (χ4n) is 4.21. The lowest BCUT2D eigenvalue weighted by Crippen LogP contribution is -2.42. The summed E-state index contributed by atoms with van der Waals surface area (Å²) in [5.41, 5.74) is 0.305. The van der Waals surface area contributed by atoms with E-state index in [4.69, 9.17) is 0 Å². The Balaban J connectivity index is 2.24. The van der Waals surface area contributed by atoms with Gasteiger partial charge in [-0.3, -0.25) is 19.2 Å². The van der Waals surface area contributed by atoms with Crippen molar-refractivity contribution in [1.82, 2.24) is 0 Å². The SMILES string of the molecule is CC(C)(C)C1=CC(=O)C2=C(C1=O)[Si](C)(C)C1=C2C(=O)C=C(C(C)(C)C)C1=O. The van der Waals surface area contributed by atoms with E-state index in [0.29, 0.717) is 21.5 Å². The highest BCUT2D eigenvalue weighted by Crippen LogP contribution is 2.49. The molecule has 0 saturated heterocycles. The summed E-state index contributed by atoms with van der Waals surface area (Å²) in [4.78, 5) is 52.6. The van der Waals surface area contributed by atoms with Crippen LogP contribution in [0.4, 0.5) is 0 Å². The molecule has 0 amide bonds. The standard InChI is InChI=1S/C22H26O4Si/c1-21(2,3)11-9-13(23)15-16-14(24)10-12(22(4,5)6)18(26)20(16)27(7,8)19(15)17(11)25/h9-10H,1-8H3. The maximum atomic E-state index is 13.3. The fourth-order valence-corrected chi connectivity index (χ4v) is 7.61. The van der Waals surface area contributed by atoms with Crippen molar-refractivity contribution in [3.8, 4) is 0 Å². The zero-order valence-corrected chi connectivity index (χ0v) is 18.3. The summed E-state index contributed by atoms with van der Waals surface area (Å²) in [6.45, 7) is 15.1. The zero-order chi connectivity index (χ0) is 20.7. The van der Waals surface area contributed by atoms with Gasteiger partial charge in [0.1, 0.15) is 8.07 Å². The van der Waals surface area contributed by atoms with E-state index in [1.54, 1.807) is 0 Å². The van der Waals surface area contributed by atoms with Crippen molar-refractivity contribution in [2.24, 2.45) is 10.8 Å². The Kier molecular flexibility index (Phi) is 3.95. The van der Waals surface area contributed by atoms with Crippen molar-refractivity contribution in [2.75, 3.05) is 0 Å². The molecule has 1 heterocycles. The molecule has 3 aliphatic rings. The number of hydrogen-bond donors (Lipinski definition) is 0. The number of carbonyl (C=O) groups is 4. The molecule has 5 heteroatoms. The molecule has 0 spiro atoms. The minimum Gasteiger partial charge on any atom is -0.290 e. The maximum absolute atomic E-state index is 13.3. The molecule has 27 heavy (non-hydrogen) atoms. The number of ketones is 4. The molecule has 2 aliphatic carbocycles. The Morgan fingerprint density at radius 2 is 0.926 bits per heavy atom. The lowest BCUT2D eigenvalue weighted by atomic mass is 9.76. The molecule has 3 rings (SSSR count). The van der Waals surface area contributed by atoms with Crippen molar-refractivity contribution >= 4 is 31.2 Å². The second-order valence-corrected chi connectivity index (χ2v) is 14.4. The number of carbonyl (C=O) groups excluding carboxylic acids is 4. The van der Waals surface area contributed by atoms with Crippen molar-refractivity contribution in [1.29, 1.82) is 0 Å². The second kappa shape index (κ2) is 5.44. The quantitative estimate of drug-likeness (QED) is 0.474. The highest BCUT2D eigenvalue weighted by atomic mass is 28.3. The maximum Gasteiger partial charge on any atom is 0.187 e. The van der Waals surface area contributed by atoms with E-state index in [1.807, 2.05) is 54.6 Å². The number of Topliss-reactive ketones (excluding diaryl/α,β-unsaturated/α-hetero) is 2. The minimum absolute atomic E-state index is 0.180. The van der Waals surface area contributed by atoms with Crippen LogP contribution in [-0.2, 0) is 19.2 Å². The average molecular weight is 383 g/mol. The Labute approximate surface area is 161 Å². The van der Waals surface area contributed by atoms with E-state index in [0.717, 1.165) is 0 Å². The van der Waals surface area contributed by atoms with Crippen LogP contribution in [-0.4, -0.2) is 31.2 Å². The minimum atomic E-state index is -2.78. The van der Waals surface area contributed by atoms with Gasteiger partial charge in [-0.25, -0.2) is 0 Å². The lowest BCUT2D eigenvalue weighted by Gasteiger charge is -2.31. The van der Waals surface area contributed by atoms with Crippen molar-refractivity contribution < 1.29 is 19.2 Å².